The Morgan fingerprint density at radius 1 is 1.24 bits per heavy atom. The Kier molecular flexibility index (Phi) is 4.31. The summed E-state index contributed by atoms with van der Waals surface area (Å²) < 4.78 is 2.04. The van der Waals surface area contributed by atoms with Crippen LogP contribution in [0.3, 0.4) is 0 Å². The number of nitrogens with zero attached hydrogens (tertiary/aromatic N) is 1. The number of fused-ring (bicyclic) bond motifs is 2. The Bertz CT molecular complexity index is 947. The fraction of sp³-hybridized carbons (Fsp3) is 0.211. The van der Waals surface area contributed by atoms with Gasteiger partial charge < -0.3 is 5.32 Å². The highest BCUT2D eigenvalue weighted by atomic mass is 32.2. The van der Waals surface area contributed by atoms with Crippen molar-refractivity contribution < 1.29 is 9.59 Å². The molecule has 0 bridgehead atoms. The summed E-state index contributed by atoms with van der Waals surface area (Å²) in [6.07, 6.45) is 1.16. The molecule has 1 N–H and O–H groups in total. The number of anilines is 1. The number of nitrogens with one attached hydrogen (secondary N) is 1. The van der Waals surface area contributed by atoms with Crippen molar-refractivity contribution in [3.05, 3.63) is 53.6 Å². The van der Waals surface area contributed by atoms with Crippen LogP contribution in [-0.4, -0.2) is 21.9 Å². The zero-order valence-electron chi connectivity index (χ0n) is 13.6. The van der Waals surface area contributed by atoms with Gasteiger partial charge in [-0.3, -0.25) is 9.59 Å². The van der Waals surface area contributed by atoms with E-state index in [1.807, 2.05) is 43.3 Å². The second-order valence-corrected chi connectivity index (χ2v) is 8.61. The number of thioether (sulfide) groups is 1. The van der Waals surface area contributed by atoms with Gasteiger partial charge in [0.05, 0.1) is 15.5 Å². The van der Waals surface area contributed by atoms with Gasteiger partial charge >= 0.3 is 0 Å². The largest absolute Gasteiger partial charge is 0.326 e. The zero-order valence-corrected chi connectivity index (χ0v) is 15.2. The van der Waals surface area contributed by atoms with Gasteiger partial charge in [0.2, 0.25) is 5.91 Å². The molecule has 1 aliphatic heterocycles. The summed E-state index contributed by atoms with van der Waals surface area (Å²) in [5.41, 5.74) is 3.51. The number of hydrogen-bond donors (Lipinski definition) is 1. The van der Waals surface area contributed by atoms with Crippen LogP contribution in [0.25, 0.3) is 10.2 Å². The number of para-hydroxylation sites is 1. The lowest BCUT2D eigenvalue weighted by atomic mass is 9.98. The molecule has 1 amide bonds. The second kappa shape index (κ2) is 6.61. The van der Waals surface area contributed by atoms with Gasteiger partial charge in [0.1, 0.15) is 0 Å². The van der Waals surface area contributed by atoms with E-state index in [1.54, 1.807) is 17.4 Å². The third-order valence-electron chi connectivity index (χ3n) is 4.21. The summed E-state index contributed by atoms with van der Waals surface area (Å²) in [6.45, 7) is 1.92. The van der Waals surface area contributed by atoms with Gasteiger partial charge in [-0.15, -0.1) is 11.3 Å². The highest BCUT2D eigenvalue weighted by Crippen LogP contribution is 2.33. The van der Waals surface area contributed by atoms with E-state index in [2.05, 4.69) is 10.3 Å². The topological polar surface area (TPSA) is 59.1 Å². The average Bonchev–Trinajstić information content (AvgIpc) is 3.02. The summed E-state index contributed by atoms with van der Waals surface area (Å²) in [6, 6.07) is 13.5. The molecule has 0 radical (unpaired) electrons. The van der Waals surface area contributed by atoms with E-state index in [0.717, 1.165) is 25.8 Å². The number of amides is 1. The van der Waals surface area contributed by atoms with Crippen LogP contribution in [0.15, 0.2) is 46.8 Å². The maximum atomic E-state index is 12.8. The number of Topliss-reactive ketones (excluding diaryl/α,β-unsaturated/α-hetero) is 1. The Morgan fingerprint density at radius 2 is 2.08 bits per heavy atom. The zero-order chi connectivity index (χ0) is 17.4. The molecule has 0 fully saturated rings. The fourth-order valence-corrected chi connectivity index (χ4v) is 5.17. The lowest BCUT2D eigenvalue weighted by molar-refractivity contribution is -0.116. The molecule has 6 heteroatoms. The number of carbonyl (C=O) groups is 2. The van der Waals surface area contributed by atoms with Gasteiger partial charge in [-0.1, -0.05) is 23.9 Å². The van der Waals surface area contributed by atoms with E-state index in [0.29, 0.717) is 18.4 Å². The van der Waals surface area contributed by atoms with Gasteiger partial charge in [0.15, 0.2) is 10.1 Å². The van der Waals surface area contributed by atoms with Crippen LogP contribution >= 0.6 is 23.1 Å². The van der Waals surface area contributed by atoms with Crippen molar-refractivity contribution >= 4 is 50.7 Å². The average molecular weight is 368 g/mol. The number of rotatable bonds is 4. The first-order valence-electron chi connectivity index (χ1n) is 8.09. The number of benzene rings is 2. The summed E-state index contributed by atoms with van der Waals surface area (Å²) in [5, 5.41) is 2.63. The quantitative estimate of drug-likeness (QED) is 0.542. The summed E-state index contributed by atoms with van der Waals surface area (Å²) in [7, 11) is 0. The highest BCUT2D eigenvalue weighted by molar-refractivity contribution is 8.02. The van der Waals surface area contributed by atoms with Crippen molar-refractivity contribution in [3.8, 4) is 0 Å². The van der Waals surface area contributed by atoms with E-state index in [9.17, 15) is 9.59 Å². The molecule has 0 saturated heterocycles. The van der Waals surface area contributed by atoms with Crippen molar-refractivity contribution in [2.75, 3.05) is 5.32 Å². The molecular weight excluding hydrogens is 352 g/mol. The molecule has 25 heavy (non-hydrogen) atoms. The lowest BCUT2D eigenvalue weighted by Gasteiger charge is -2.18. The van der Waals surface area contributed by atoms with Crippen LogP contribution in [0.2, 0.25) is 0 Å². The van der Waals surface area contributed by atoms with Gasteiger partial charge in [0.25, 0.3) is 0 Å². The van der Waals surface area contributed by atoms with Gasteiger partial charge in [-0.2, -0.15) is 0 Å². The van der Waals surface area contributed by atoms with Gasteiger partial charge in [-0.25, -0.2) is 4.98 Å². The number of aromatic nitrogens is 1. The maximum absolute atomic E-state index is 12.8. The monoisotopic (exact) mass is 368 g/mol. The number of aryl methyl sites for hydroxylation is 1. The second-order valence-electron chi connectivity index (χ2n) is 5.99. The van der Waals surface area contributed by atoms with E-state index in [-0.39, 0.29) is 16.9 Å². The number of hydrogen-bond acceptors (Lipinski definition) is 5. The van der Waals surface area contributed by atoms with Crippen LogP contribution in [0.4, 0.5) is 5.69 Å². The van der Waals surface area contributed by atoms with Crippen molar-refractivity contribution in [2.45, 2.75) is 29.4 Å². The minimum Gasteiger partial charge on any atom is -0.326 e. The molecule has 0 aliphatic carbocycles. The van der Waals surface area contributed by atoms with Crippen molar-refractivity contribution in [2.24, 2.45) is 0 Å². The highest BCUT2D eigenvalue weighted by Gasteiger charge is 2.21. The molecule has 4 nitrogen and oxygen atoms in total. The molecule has 126 valence electrons. The van der Waals surface area contributed by atoms with Gasteiger partial charge in [-0.05, 0) is 49.2 Å². The molecule has 4 rings (SSSR count). The fourth-order valence-electron chi connectivity index (χ4n) is 2.88. The van der Waals surface area contributed by atoms with E-state index in [4.69, 9.17) is 0 Å². The van der Waals surface area contributed by atoms with E-state index in [1.165, 1.54) is 11.8 Å². The SMILES string of the molecule is CC(Sc1nc2ccccc2s1)C(=O)c1ccc2c(c1)CCC(=O)N2. The van der Waals surface area contributed by atoms with E-state index < -0.39 is 0 Å². The molecule has 0 saturated carbocycles. The molecule has 1 atom stereocenters. The van der Waals surface area contributed by atoms with Crippen LogP contribution in [-0.2, 0) is 11.2 Å². The van der Waals surface area contributed by atoms with E-state index >= 15 is 0 Å². The Hall–Kier alpha value is -2.18. The number of ketones is 1. The predicted molar refractivity (Wildman–Crippen MR) is 103 cm³/mol. The predicted octanol–water partition coefficient (Wildman–Crippen LogP) is 4.54. The van der Waals surface area contributed by atoms with Crippen LogP contribution in [0.1, 0.15) is 29.3 Å². The Labute approximate surface area is 153 Å². The summed E-state index contributed by atoms with van der Waals surface area (Å²) in [4.78, 5) is 28.8. The molecule has 0 spiro atoms. The molecule has 1 unspecified atom stereocenters. The van der Waals surface area contributed by atoms with Crippen LogP contribution < -0.4 is 5.32 Å². The molecule has 1 aliphatic rings. The molecular formula is C19H16N2O2S2. The first-order chi connectivity index (χ1) is 12.1. The standard InChI is InChI=1S/C19H16N2O2S2/c1-11(24-19-21-15-4-2-3-5-16(15)25-19)18(23)13-6-8-14-12(10-13)7-9-17(22)20-14/h2-6,8,10-11H,7,9H2,1H3,(H,20,22). The maximum Gasteiger partial charge on any atom is 0.224 e. The summed E-state index contributed by atoms with van der Waals surface area (Å²) in [5.74, 6) is 0.121. The lowest BCUT2D eigenvalue weighted by Crippen LogP contribution is -2.20. The molecule has 2 heterocycles. The van der Waals surface area contributed by atoms with Gasteiger partial charge in [0, 0.05) is 17.7 Å². The number of carbonyl (C=O) groups excluding carboxylic acids is 2. The molecule has 1 aromatic heterocycles. The summed E-state index contributed by atoms with van der Waals surface area (Å²) >= 11 is 3.11. The molecule has 2 aromatic carbocycles. The van der Waals surface area contributed by atoms with Crippen LogP contribution in [0.5, 0.6) is 0 Å². The Morgan fingerprint density at radius 3 is 2.92 bits per heavy atom. The van der Waals surface area contributed by atoms with Crippen molar-refractivity contribution in [1.29, 1.82) is 0 Å². The van der Waals surface area contributed by atoms with Crippen LogP contribution in [0, 0.1) is 0 Å². The number of thiazole rings is 1. The minimum absolute atomic E-state index is 0.0336. The first kappa shape index (κ1) is 16.3. The van der Waals surface area contributed by atoms with Crippen molar-refractivity contribution in [3.63, 3.8) is 0 Å². The molecule has 3 aromatic rings. The Balaban J connectivity index is 1.53. The smallest absolute Gasteiger partial charge is 0.224 e. The normalized spacial score (nSPS) is 14.8. The van der Waals surface area contributed by atoms with Crippen molar-refractivity contribution in [1.82, 2.24) is 4.98 Å². The third-order valence-corrected chi connectivity index (χ3v) is 6.44. The first-order valence-corrected chi connectivity index (χ1v) is 9.79. The third kappa shape index (κ3) is 3.32. The minimum atomic E-state index is -0.211.